The average molecular weight is 302 g/mol. The zero-order valence-electron chi connectivity index (χ0n) is 12.6. The largest absolute Gasteiger partial charge is 0.480 e. The monoisotopic (exact) mass is 302 g/mol. The standard InChI is InChI=1S/C16H18N2O4/c1-11(19)5-7-18-8-6-12-9-13(17(2)10-15(20)21)3-4-14(12)16(18)22/h3-4,6,8-9H,5,7,10H2,1-2H3,(H,20,21). The molecule has 0 spiro atoms. The summed E-state index contributed by atoms with van der Waals surface area (Å²) < 4.78 is 1.52. The number of hydrogen-bond donors (Lipinski definition) is 1. The second kappa shape index (κ2) is 6.43. The fourth-order valence-corrected chi connectivity index (χ4v) is 2.26. The maximum absolute atomic E-state index is 12.3. The van der Waals surface area contributed by atoms with Crippen molar-refractivity contribution in [1.29, 1.82) is 0 Å². The number of anilines is 1. The van der Waals surface area contributed by atoms with Gasteiger partial charge in [0, 0.05) is 37.3 Å². The number of aliphatic carboxylic acids is 1. The van der Waals surface area contributed by atoms with Gasteiger partial charge in [-0.05, 0) is 36.6 Å². The third-order valence-corrected chi connectivity index (χ3v) is 3.48. The van der Waals surface area contributed by atoms with E-state index in [4.69, 9.17) is 5.11 Å². The molecular formula is C16H18N2O4. The van der Waals surface area contributed by atoms with Crippen LogP contribution in [0.15, 0.2) is 35.3 Å². The normalized spacial score (nSPS) is 10.6. The first kappa shape index (κ1) is 15.8. The predicted molar refractivity (Wildman–Crippen MR) is 84.4 cm³/mol. The number of carbonyl (C=O) groups excluding carboxylic acids is 1. The molecule has 6 heteroatoms. The Hall–Kier alpha value is -2.63. The minimum absolute atomic E-state index is 0.0395. The van der Waals surface area contributed by atoms with E-state index < -0.39 is 5.97 Å². The average Bonchev–Trinajstić information content (AvgIpc) is 2.45. The van der Waals surface area contributed by atoms with E-state index >= 15 is 0 Å². The third-order valence-electron chi connectivity index (χ3n) is 3.48. The predicted octanol–water partition coefficient (Wildman–Crippen LogP) is 1.50. The van der Waals surface area contributed by atoms with Gasteiger partial charge in [0.15, 0.2) is 0 Å². The number of carboxylic acids is 1. The van der Waals surface area contributed by atoms with Gasteiger partial charge in [-0.25, -0.2) is 0 Å². The summed E-state index contributed by atoms with van der Waals surface area (Å²) >= 11 is 0. The van der Waals surface area contributed by atoms with E-state index in [0.29, 0.717) is 18.4 Å². The number of rotatable bonds is 6. The maximum Gasteiger partial charge on any atom is 0.323 e. The van der Waals surface area contributed by atoms with Crippen LogP contribution in [0.4, 0.5) is 5.69 Å². The molecular weight excluding hydrogens is 284 g/mol. The van der Waals surface area contributed by atoms with E-state index in [1.165, 1.54) is 11.5 Å². The molecule has 2 aromatic rings. The number of aryl methyl sites for hydroxylation is 1. The lowest BCUT2D eigenvalue weighted by molar-refractivity contribution is -0.135. The van der Waals surface area contributed by atoms with Crippen molar-refractivity contribution in [2.24, 2.45) is 0 Å². The number of likely N-dealkylation sites (N-methyl/N-ethyl adjacent to an activating group) is 1. The van der Waals surface area contributed by atoms with Crippen molar-refractivity contribution in [2.75, 3.05) is 18.5 Å². The van der Waals surface area contributed by atoms with Crippen molar-refractivity contribution in [3.8, 4) is 0 Å². The minimum Gasteiger partial charge on any atom is -0.480 e. The van der Waals surface area contributed by atoms with Gasteiger partial charge in [0.05, 0.1) is 0 Å². The SMILES string of the molecule is CC(=O)CCn1ccc2cc(N(C)CC(=O)O)ccc2c1=O. The van der Waals surface area contributed by atoms with Crippen LogP contribution in [-0.4, -0.2) is 35.0 Å². The quantitative estimate of drug-likeness (QED) is 0.874. The van der Waals surface area contributed by atoms with Crippen molar-refractivity contribution in [1.82, 2.24) is 4.57 Å². The number of pyridine rings is 1. The third kappa shape index (κ3) is 3.52. The first-order valence-electron chi connectivity index (χ1n) is 6.94. The molecule has 0 unspecified atom stereocenters. The van der Waals surface area contributed by atoms with E-state index in [0.717, 1.165) is 11.1 Å². The molecule has 1 N–H and O–H groups in total. The highest BCUT2D eigenvalue weighted by Crippen LogP contribution is 2.19. The van der Waals surface area contributed by atoms with Gasteiger partial charge in [0.25, 0.3) is 5.56 Å². The van der Waals surface area contributed by atoms with E-state index in [2.05, 4.69) is 0 Å². The second-order valence-corrected chi connectivity index (χ2v) is 5.29. The molecule has 0 atom stereocenters. The van der Waals surface area contributed by atoms with Crippen LogP contribution in [-0.2, 0) is 16.1 Å². The summed E-state index contributed by atoms with van der Waals surface area (Å²) in [5, 5.41) is 10.1. The molecule has 0 bridgehead atoms. The molecule has 1 heterocycles. The van der Waals surface area contributed by atoms with E-state index in [-0.39, 0.29) is 17.9 Å². The lowest BCUT2D eigenvalue weighted by atomic mass is 10.1. The highest BCUT2D eigenvalue weighted by Gasteiger charge is 2.09. The van der Waals surface area contributed by atoms with Crippen LogP contribution >= 0.6 is 0 Å². The Bertz CT molecular complexity index is 779. The Morgan fingerprint density at radius 3 is 2.64 bits per heavy atom. The summed E-state index contributed by atoms with van der Waals surface area (Å²) in [5.74, 6) is -0.875. The van der Waals surface area contributed by atoms with E-state index in [9.17, 15) is 14.4 Å². The molecule has 0 radical (unpaired) electrons. The summed E-state index contributed by atoms with van der Waals surface area (Å²) in [6.45, 7) is 1.75. The van der Waals surface area contributed by atoms with Gasteiger partial charge in [-0.1, -0.05) is 0 Å². The zero-order chi connectivity index (χ0) is 16.3. The smallest absolute Gasteiger partial charge is 0.323 e. The summed E-state index contributed by atoms with van der Waals surface area (Å²) in [7, 11) is 1.68. The maximum atomic E-state index is 12.3. The van der Waals surface area contributed by atoms with Crippen molar-refractivity contribution in [3.05, 3.63) is 40.8 Å². The highest BCUT2D eigenvalue weighted by molar-refractivity contribution is 5.86. The van der Waals surface area contributed by atoms with Crippen LogP contribution in [0, 0.1) is 0 Å². The Balaban J connectivity index is 2.36. The van der Waals surface area contributed by atoms with Crippen molar-refractivity contribution in [2.45, 2.75) is 19.9 Å². The fourth-order valence-electron chi connectivity index (χ4n) is 2.26. The number of ketones is 1. The van der Waals surface area contributed by atoms with E-state index in [1.54, 1.807) is 42.4 Å². The van der Waals surface area contributed by atoms with Gasteiger partial charge in [0.2, 0.25) is 0 Å². The van der Waals surface area contributed by atoms with Crippen molar-refractivity contribution >= 4 is 28.2 Å². The Kier molecular flexibility index (Phi) is 4.60. The molecule has 0 fully saturated rings. The number of carboxylic acid groups (broad SMARTS) is 1. The summed E-state index contributed by atoms with van der Waals surface area (Å²) in [5.41, 5.74) is 0.585. The molecule has 0 aliphatic heterocycles. The molecule has 22 heavy (non-hydrogen) atoms. The number of Topliss-reactive ketones (excluding diaryl/α,β-unsaturated/α-hetero) is 1. The molecule has 0 saturated heterocycles. The molecule has 6 nitrogen and oxygen atoms in total. The molecule has 0 saturated carbocycles. The zero-order valence-corrected chi connectivity index (χ0v) is 12.6. The molecule has 0 amide bonds. The molecule has 0 aliphatic rings. The van der Waals surface area contributed by atoms with Crippen LogP contribution in [0.25, 0.3) is 10.8 Å². The first-order chi connectivity index (χ1) is 10.4. The number of fused-ring (bicyclic) bond motifs is 1. The van der Waals surface area contributed by atoms with Gasteiger partial charge in [-0.15, -0.1) is 0 Å². The lowest BCUT2D eigenvalue weighted by Crippen LogP contribution is -2.25. The van der Waals surface area contributed by atoms with Gasteiger partial charge in [-0.2, -0.15) is 0 Å². The van der Waals surface area contributed by atoms with Gasteiger partial charge in [-0.3, -0.25) is 14.4 Å². The molecule has 2 rings (SSSR count). The molecule has 1 aromatic carbocycles. The summed E-state index contributed by atoms with van der Waals surface area (Å²) in [6.07, 6.45) is 1.99. The van der Waals surface area contributed by atoms with Gasteiger partial charge >= 0.3 is 5.97 Å². The van der Waals surface area contributed by atoms with Crippen LogP contribution in [0.2, 0.25) is 0 Å². The van der Waals surface area contributed by atoms with Crippen LogP contribution in [0.5, 0.6) is 0 Å². The first-order valence-corrected chi connectivity index (χ1v) is 6.94. The molecule has 1 aromatic heterocycles. The Morgan fingerprint density at radius 2 is 2.00 bits per heavy atom. The van der Waals surface area contributed by atoms with Gasteiger partial charge < -0.3 is 14.6 Å². The fraction of sp³-hybridized carbons (Fsp3) is 0.312. The number of nitrogens with zero attached hydrogens (tertiary/aromatic N) is 2. The van der Waals surface area contributed by atoms with Crippen LogP contribution in [0.1, 0.15) is 13.3 Å². The number of hydrogen-bond acceptors (Lipinski definition) is 4. The topological polar surface area (TPSA) is 79.6 Å². The van der Waals surface area contributed by atoms with E-state index in [1.807, 2.05) is 0 Å². The van der Waals surface area contributed by atoms with Gasteiger partial charge in [0.1, 0.15) is 12.3 Å². The van der Waals surface area contributed by atoms with Crippen LogP contribution in [0.3, 0.4) is 0 Å². The Labute approximate surface area is 127 Å². The second-order valence-electron chi connectivity index (χ2n) is 5.29. The number of aromatic nitrogens is 1. The number of carbonyl (C=O) groups is 2. The lowest BCUT2D eigenvalue weighted by Gasteiger charge is -2.17. The molecule has 0 aliphatic carbocycles. The molecule has 116 valence electrons. The highest BCUT2D eigenvalue weighted by atomic mass is 16.4. The summed E-state index contributed by atoms with van der Waals surface area (Å²) in [4.78, 5) is 35.7. The Morgan fingerprint density at radius 1 is 1.27 bits per heavy atom. The summed E-state index contributed by atoms with van der Waals surface area (Å²) in [6, 6.07) is 7.00. The van der Waals surface area contributed by atoms with Crippen molar-refractivity contribution < 1.29 is 14.7 Å². The minimum atomic E-state index is -0.915. The van der Waals surface area contributed by atoms with Crippen LogP contribution < -0.4 is 10.5 Å². The number of benzene rings is 1. The van der Waals surface area contributed by atoms with Crippen molar-refractivity contribution in [3.63, 3.8) is 0 Å².